The van der Waals surface area contributed by atoms with Crippen LogP contribution in [-0.2, 0) is 0 Å². The minimum Gasteiger partial charge on any atom is -0.508 e. The normalized spacial score (nSPS) is 10.2. The molecule has 0 saturated heterocycles. The smallest absolute Gasteiger partial charge is 0.121 e. The van der Waals surface area contributed by atoms with Crippen molar-refractivity contribution in [2.24, 2.45) is 0 Å². The van der Waals surface area contributed by atoms with E-state index in [4.69, 9.17) is 10.2 Å². The van der Waals surface area contributed by atoms with Crippen LogP contribution < -0.4 is 0 Å². The molecule has 3 rings (SSSR count). The van der Waals surface area contributed by atoms with E-state index in [0.717, 1.165) is 33.4 Å². The molecule has 0 aliphatic heterocycles. The largest absolute Gasteiger partial charge is 0.508 e. The molecular formula is C22H24O4. The Kier molecular flexibility index (Phi) is 5.78. The van der Waals surface area contributed by atoms with Gasteiger partial charge in [-0.3, -0.25) is 0 Å². The minimum atomic E-state index is 0.169. The molecule has 4 heteroatoms. The summed E-state index contributed by atoms with van der Waals surface area (Å²) in [5.74, 6) is 1.04. The maximum Gasteiger partial charge on any atom is 0.121 e. The topological polar surface area (TPSA) is 80.9 Å². The van der Waals surface area contributed by atoms with Gasteiger partial charge in [-0.05, 0) is 110 Å². The van der Waals surface area contributed by atoms with Gasteiger partial charge in [0.2, 0.25) is 0 Å². The molecule has 0 spiro atoms. The van der Waals surface area contributed by atoms with Crippen LogP contribution in [0, 0.1) is 27.7 Å². The first-order chi connectivity index (χ1) is 12.2. The van der Waals surface area contributed by atoms with Crippen molar-refractivity contribution >= 4 is 0 Å². The summed E-state index contributed by atoms with van der Waals surface area (Å²) in [7, 11) is 0. The van der Waals surface area contributed by atoms with Crippen LogP contribution in [0.1, 0.15) is 22.3 Å². The summed E-state index contributed by atoms with van der Waals surface area (Å²) in [6.45, 7) is 7.58. The van der Waals surface area contributed by atoms with Crippen molar-refractivity contribution in [1.82, 2.24) is 0 Å². The number of phenols is 4. The van der Waals surface area contributed by atoms with Crippen molar-refractivity contribution in [2.45, 2.75) is 27.7 Å². The van der Waals surface area contributed by atoms with Crippen molar-refractivity contribution in [3.05, 3.63) is 70.8 Å². The fourth-order valence-electron chi connectivity index (χ4n) is 2.70. The second-order valence-corrected chi connectivity index (χ2v) is 6.43. The quantitative estimate of drug-likeness (QED) is 0.460. The van der Waals surface area contributed by atoms with Gasteiger partial charge in [0, 0.05) is 0 Å². The third kappa shape index (κ3) is 4.48. The lowest BCUT2D eigenvalue weighted by molar-refractivity contribution is 0.460. The molecule has 0 amide bonds. The average Bonchev–Trinajstić information content (AvgIpc) is 2.60. The Morgan fingerprint density at radius 2 is 0.692 bits per heavy atom. The van der Waals surface area contributed by atoms with E-state index in [1.54, 1.807) is 0 Å². The number of hydrogen-bond acceptors (Lipinski definition) is 4. The standard InChI is InChI=1S/C16H18O2.C6H6O2/c1-9-5-13(6-10(2)15(9)17)14-7-11(3)16(18)12(4)8-14;7-5-1-2-6(8)4-3-5/h5-8,17-18H,1-4H3;1-4,7-8H. The van der Waals surface area contributed by atoms with E-state index in [2.05, 4.69) is 0 Å². The van der Waals surface area contributed by atoms with Crippen LogP contribution in [0.3, 0.4) is 0 Å². The van der Waals surface area contributed by atoms with Gasteiger partial charge in [0.15, 0.2) is 0 Å². The van der Waals surface area contributed by atoms with E-state index in [1.807, 2.05) is 52.0 Å². The number of hydrogen-bond donors (Lipinski definition) is 4. The molecule has 0 atom stereocenters. The monoisotopic (exact) mass is 352 g/mol. The molecule has 0 bridgehead atoms. The zero-order chi connectivity index (χ0) is 19.4. The zero-order valence-corrected chi connectivity index (χ0v) is 15.4. The van der Waals surface area contributed by atoms with Crippen LogP contribution in [0.2, 0.25) is 0 Å². The fraction of sp³-hybridized carbons (Fsp3) is 0.182. The first-order valence-corrected chi connectivity index (χ1v) is 8.28. The fourth-order valence-corrected chi connectivity index (χ4v) is 2.70. The highest BCUT2D eigenvalue weighted by Crippen LogP contribution is 2.32. The van der Waals surface area contributed by atoms with Gasteiger partial charge in [-0.25, -0.2) is 0 Å². The molecule has 3 aromatic rings. The first kappa shape index (κ1) is 19.2. The Labute approximate surface area is 153 Å². The highest BCUT2D eigenvalue weighted by molar-refractivity contribution is 5.70. The van der Waals surface area contributed by atoms with E-state index in [-0.39, 0.29) is 11.5 Å². The van der Waals surface area contributed by atoms with Gasteiger partial charge in [-0.1, -0.05) is 0 Å². The van der Waals surface area contributed by atoms with E-state index in [9.17, 15) is 10.2 Å². The maximum absolute atomic E-state index is 9.79. The van der Waals surface area contributed by atoms with Crippen molar-refractivity contribution in [3.63, 3.8) is 0 Å². The molecule has 0 fully saturated rings. The number of aromatic hydroxyl groups is 4. The van der Waals surface area contributed by atoms with E-state index in [0.29, 0.717) is 11.5 Å². The van der Waals surface area contributed by atoms with Crippen LogP contribution in [-0.4, -0.2) is 20.4 Å². The first-order valence-electron chi connectivity index (χ1n) is 8.28. The predicted molar refractivity (Wildman–Crippen MR) is 104 cm³/mol. The molecule has 26 heavy (non-hydrogen) atoms. The summed E-state index contributed by atoms with van der Waals surface area (Å²) in [5, 5.41) is 36.9. The molecule has 3 aromatic carbocycles. The van der Waals surface area contributed by atoms with Crippen molar-refractivity contribution in [3.8, 4) is 34.1 Å². The van der Waals surface area contributed by atoms with E-state index >= 15 is 0 Å². The highest BCUT2D eigenvalue weighted by atomic mass is 16.3. The van der Waals surface area contributed by atoms with Crippen LogP contribution in [0.15, 0.2) is 48.5 Å². The molecule has 0 aliphatic carbocycles. The van der Waals surface area contributed by atoms with Gasteiger partial charge in [0.25, 0.3) is 0 Å². The summed E-state index contributed by atoms with van der Waals surface area (Å²) in [5.41, 5.74) is 5.60. The molecular weight excluding hydrogens is 328 g/mol. The molecule has 136 valence electrons. The van der Waals surface area contributed by atoms with E-state index in [1.165, 1.54) is 24.3 Å². The summed E-state index contributed by atoms with van der Waals surface area (Å²) < 4.78 is 0. The Hall–Kier alpha value is -3.14. The van der Waals surface area contributed by atoms with Gasteiger partial charge in [-0.15, -0.1) is 0 Å². The van der Waals surface area contributed by atoms with Crippen LogP contribution >= 0.6 is 0 Å². The Bertz CT molecular complexity index is 789. The lowest BCUT2D eigenvalue weighted by Crippen LogP contribution is -1.88. The number of aryl methyl sites for hydroxylation is 4. The SMILES string of the molecule is Cc1cc(-c2cc(C)c(O)c(C)c2)cc(C)c1O.Oc1ccc(O)cc1. The Morgan fingerprint density at radius 1 is 0.462 bits per heavy atom. The Balaban J connectivity index is 0.000000254. The van der Waals surface area contributed by atoms with Gasteiger partial charge in [-0.2, -0.15) is 0 Å². The lowest BCUT2D eigenvalue weighted by atomic mass is 9.96. The molecule has 4 nitrogen and oxygen atoms in total. The third-order valence-electron chi connectivity index (χ3n) is 4.17. The van der Waals surface area contributed by atoms with Crippen molar-refractivity contribution in [1.29, 1.82) is 0 Å². The highest BCUT2D eigenvalue weighted by Gasteiger charge is 2.08. The molecule has 0 radical (unpaired) electrons. The van der Waals surface area contributed by atoms with Crippen molar-refractivity contribution in [2.75, 3.05) is 0 Å². The summed E-state index contributed by atoms with van der Waals surface area (Å²) in [4.78, 5) is 0. The number of phenolic OH excluding ortho intramolecular Hbond substituents is 4. The van der Waals surface area contributed by atoms with Crippen LogP contribution in [0.5, 0.6) is 23.0 Å². The van der Waals surface area contributed by atoms with Gasteiger partial charge in [0.05, 0.1) is 0 Å². The van der Waals surface area contributed by atoms with Crippen molar-refractivity contribution < 1.29 is 20.4 Å². The Morgan fingerprint density at radius 3 is 0.923 bits per heavy atom. The van der Waals surface area contributed by atoms with Gasteiger partial charge < -0.3 is 20.4 Å². The molecule has 0 aromatic heterocycles. The van der Waals surface area contributed by atoms with Gasteiger partial charge in [0.1, 0.15) is 23.0 Å². The molecule has 0 heterocycles. The minimum absolute atomic E-state index is 0.169. The number of rotatable bonds is 1. The average molecular weight is 352 g/mol. The molecule has 0 unspecified atom stereocenters. The maximum atomic E-state index is 9.79. The lowest BCUT2D eigenvalue weighted by Gasteiger charge is -2.11. The van der Waals surface area contributed by atoms with Crippen LogP contribution in [0.25, 0.3) is 11.1 Å². The number of benzene rings is 3. The van der Waals surface area contributed by atoms with Crippen LogP contribution in [0.4, 0.5) is 0 Å². The molecule has 0 saturated carbocycles. The second-order valence-electron chi connectivity index (χ2n) is 6.43. The summed E-state index contributed by atoms with van der Waals surface area (Å²) >= 11 is 0. The second kappa shape index (κ2) is 7.83. The van der Waals surface area contributed by atoms with E-state index < -0.39 is 0 Å². The summed E-state index contributed by atoms with van der Waals surface area (Å²) in [6, 6.07) is 13.6. The van der Waals surface area contributed by atoms with Gasteiger partial charge >= 0.3 is 0 Å². The molecule has 4 N–H and O–H groups in total. The third-order valence-corrected chi connectivity index (χ3v) is 4.17. The summed E-state index contributed by atoms with van der Waals surface area (Å²) in [6.07, 6.45) is 0. The predicted octanol–water partition coefficient (Wildman–Crippen LogP) is 5.10. The molecule has 0 aliphatic rings. The zero-order valence-electron chi connectivity index (χ0n) is 15.4.